The van der Waals surface area contributed by atoms with Crippen molar-refractivity contribution < 1.29 is 23.0 Å². The number of carbonyl (C=O) groups is 1. The van der Waals surface area contributed by atoms with Crippen molar-refractivity contribution in [3.63, 3.8) is 0 Å². The molecule has 13 heteroatoms. The number of aryl methyl sites for hydroxylation is 1. The molecule has 11 nitrogen and oxygen atoms in total. The maximum atomic E-state index is 15.1. The monoisotopic (exact) mass is 510 g/mol. The van der Waals surface area contributed by atoms with Gasteiger partial charge in [0.2, 0.25) is 0 Å². The van der Waals surface area contributed by atoms with Gasteiger partial charge in [-0.15, -0.1) is 0 Å². The number of fused-ring (bicyclic) bond motifs is 1. The Morgan fingerprint density at radius 1 is 1.11 bits per heavy atom. The molecule has 0 amide bonds. The molecule has 1 aromatic carbocycles. The summed E-state index contributed by atoms with van der Waals surface area (Å²) in [5.74, 6) is -2.79. The van der Waals surface area contributed by atoms with E-state index in [1.54, 1.807) is 35.2 Å². The molecular formula is C24H24F2N8O3. The number of rotatable bonds is 6. The smallest absolute Gasteiger partial charge is 0.360 e. The summed E-state index contributed by atoms with van der Waals surface area (Å²) in [7, 11) is 4.65. The van der Waals surface area contributed by atoms with E-state index in [0.29, 0.717) is 43.1 Å². The fraction of sp³-hybridized carbons (Fsp3) is 0.292. The highest BCUT2D eigenvalue weighted by Gasteiger charge is 2.25. The standard InChI is InChI=1S/C24H24F2N8O3/c1-27-22-20(13-10-28-11-16-19(13)29-12-33(16)2)31-21(24(35)36-3)23(32-22)30-14-4-5-15(18(26)17(14)25)34-6-8-37-9-7-34/h4-5,10-12H,6-9H2,1-3H3,(H2,27,30,32). The summed E-state index contributed by atoms with van der Waals surface area (Å²) in [6, 6.07) is 2.86. The summed E-state index contributed by atoms with van der Waals surface area (Å²) in [6.07, 6.45) is 4.86. The van der Waals surface area contributed by atoms with Crippen LogP contribution >= 0.6 is 0 Å². The maximum absolute atomic E-state index is 15.1. The average Bonchev–Trinajstić information content (AvgIpc) is 3.32. The second-order valence-corrected chi connectivity index (χ2v) is 8.25. The Kier molecular flexibility index (Phi) is 6.53. The number of esters is 1. The number of ether oxygens (including phenoxy) is 2. The van der Waals surface area contributed by atoms with Crippen LogP contribution in [0, 0.1) is 11.6 Å². The van der Waals surface area contributed by atoms with Crippen molar-refractivity contribution in [3.05, 3.63) is 48.2 Å². The van der Waals surface area contributed by atoms with Crippen molar-refractivity contribution in [1.29, 1.82) is 0 Å². The molecule has 4 heterocycles. The van der Waals surface area contributed by atoms with E-state index in [4.69, 9.17) is 9.47 Å². The van der Waals surface area contributed by atoms with Crippen molar-refractivity contribution in [2.45, 2.75) is 0 Å². The Bertz CT molecular complexity index is 1490. The predicted octanol–water partition coefficient (Wildman–Crippen LogP) is 3.11. The first kappa shape index (κ1) is 24.3. The van der Waals surface area contributed by atoms with Crippen molar-refractivity contribution in [3.8, 4) is 11.3 Å². The zero-order valence-electron chi connectivity index (χ0n) is 20.4. The Balaban J connectivity index is 1.59. The molecular weight excluding hydrogens is 486 g/mol. The fourth-order valence-corrected chi connectivity index (χ4v) is 4.15. The van der Waals surface area contributed by atoms with Crippen LogP contribution in [0.15, 0.2) is 30.9 Å². The van der Waals surface area contributed by atoms with Gasteiger partial charge >= 0.3 is 5.97 Å². The summed E-state index contributed by atoms with van der Waals surface area (Å²) < 4.78 is 42.1. The van der Waals surface area contributed by atoms with E-state index in [1.807, 2.05) is 7.05 Å². The van der Waals surface area contributed by atoms with Crippen LogP contribution in [-0.4, -0.2) is 70.9 Å². The summed E-state index contributed by atoms with van der Waals surface area (Å²) in [5.41, 5.74) is 1.87. The van der Waals surface area contributed by atoms with Crippen molar-refractivity contribution in [2.75, 3.05) is 56.0 Å². The van der Waals surface area contributed by atoms with Gasteiger partial charge in [0.15, 0.2) is 29.0 Å². The third-order valence-electron chi connectivity index (χ3n) is 6.07. The molecule has 37 heavy (non-hydrogen) atoms. The highest BCUT2D eigenvalue weighted by Crippen LogP contribution is 2.34. The molecule has 0 unspecified atom stereocenters. The molecule has 1 saturated heterocycles. The minimum atomic E-state index is -1.11. The molecule has 2 N–H and O–H groups in total. The fourth-order valence-electron chi connectivity index (χ4n) is 4.15. The van der Waals surface area contributed by atoms with Crippen molar-refractivity contribution in [1.82, 2.24) is 24.5 Å². The molecule has 192 valence electrons. The normalized spacial score (nSPS) is 13.6. The van der Waals surface area contributed by atoms with Gasteiger partial charge in [-0.3, -0.25) is 4.98 Å². The van der Waals surface area contributed by atoms with Gasteiger partial charge in [-0.1, -0.05) is 0 Å². The average molecular weight is 511 g/mol. The van der Waals surface area contributed by atoms with Crippen LogP contribution in [0.4, 0.5) is 31.8 Å². The molecule has 0 spiro atoms. The van der Waals surface area contributed by atoms with E-state index in [2.05, 4.69) is 30.6 Å². The van der Waals surface area contributed by atoms with Crippen molar-refractivity contribution in [2.24, 2.45) is 7.05 Å². The van der Waals surface area contributed by atoms with Gasteiger partial charge in [-0.25, -0.2) is 28.5 Å². The van der Waals surface area contributed by atoms with Crippen LogP contribution in [0.25, 0.3) is 22.3 Å². The molecule has 1 fully saturated rings. The van der Waals surface area contributed by atoms with Crippen LogP contribution in [0.5, 0.6) is 0 Å². The number of nitrogens with one attached hydrogen (secondary N) is 2. The maximum Gasteiger partial charge on any atom is 0.360 e. The number of carbonyl (C=O) groups excluding carboxylic acids is 1. The molecule has 5 rings (SSSR count). The minimum Gasteiger partial charge on any atom is -0.464 e. The number of hydrogen-bond acceptors (Lipinski definition) is 10. The Labute approximate surface area is 210 Å². The van der Waals surface area contributed by atoms with Gasteiger partial charge in [0.25, 0.3) is 0 Å². The molecule has 0 aliphatic carbocycles. The van der Waals surface area contributed by atoms with Crippen LogP contribution in [0.3, 0.4) is 0 Å². The first-order valence-electron chi connectivity index (χ1n) is 11.4. The lowest BCUT2D eigenvalue weighted by Gasteiger charge is -2.29. The molecule has 4 aromatic rings. The largest absolute Gasteiger partial charge is 0.464 e. The van der Waals surface area contributed by atoms with E-state index in [9.17, 15) is 4.79 Å². The first-order chi connectivity index (χ1) is 17.9. The summed E-state index contributed by atoms with van der Waals surface area (Å²) >= 11 is 0. The van der Waals surface area contributed by atoms with E-state index in [0.717, 1.165) is 5.52 Å². The second-order valence-electron chi connectivity index (χ2n) is 8.25. The first-order valence-corrected chi connectivity index (χ1v) is 11.4. The number of pyridine rings is 1. The Hall–Kier alpha value is -4.39. The third kappa shape index (κ3) is 4.37. The van der Waals surface area contributed by atoms with Gasteiger partial charge in [-0.05, 0) is 12.1 Å². The number of methoxy groups -OCH3 is 1. The Morgan fingerprint density at radius 3 is 2.62 bits per heavy atom. The van der Waals surface area contributed by atoms with Gasteiger partial charge in [-0.2, -0.15) is 0 Å². The van der Waals surface area contributed by atoms with E-state index in [-0.39, 0.29) is 28.7 Å². The van der Waals surface area contributed by atoms with E-state index >= 15 is 8.78 Å². The number of hydrogen-bond donors (Lipinski definition) is 2. The molecule has 3 aromatic heterocycles. The van der Waals surface area contributed by atoms with Gasteiger partial charge in [0, 0.05) is 33.4 Å². The number of aromatic nitrogens is 5. The Morgan fingerprint density at radius 2 is 1.89 bits per heavy atom. The molecule has 0 bridgehead atoms. The van der Waals surface area contributed by atoms with Crippen LogP contribution in [-0.2, 0) is 16.5 Å². The number of halogens is 2. The quantitative estimate of drug-likeness (QED) is 0.375. The van der Waals surface area contributed by atoms with Gasteiger partial charge in [0.1, 0.15) is 11.2 Å². The third-order valence-corrected chi connectivity index (χ3v) is 6.07. The number of imidazole rings is 1. The van der Waals surface area contributed by atoms with Gasteiger partial charge < -0.3 is 29.6 Å². The molecule has 1 aliphatic heterocycles. The summed E-state index contributed by atoms with van der Waals surface area (Å²) in [5, 5.41) is 5.65. The van der Waals surface area contributed by atoms with Crippen LogP contribution in [0.2, 0.25) is 0 Å². The number of benzene rings is 1. The second kappa shape index (κ2) is 9.93. The number of anilines is 4. The minimum absolute atomic E-state index is 0.112. The summed E-state index contributed by atoms with van der Waals surface area (Å²) in [6.45, 7) is 1.76. The zero-order valence-corrected chi connectivity index (χ0v) is 20.4. The van der Waals surface area contributed by atoms with E-state index < -0.39 is 17.6 Å². The predicted molar refractivity (Wildman–Crippen MR) is 133 cm³/mol. The van der Waals surface area contributed by atoms with Crippen LogP contribution in [0.1, 0.15) is 10.5 Å². The highest BCUT2D eigenvalue weighted by atomic mass is 19.2. The summed E-state index contributed by atoms with van der Waals surface area (Å²) in [4.78, 5) is 32.0. The lowest BCUT2D eigenvalue weighted by atomic mass is 10.1. The number of morpholine rings is 1. The van der Waals surface area contributed by atoms with Crippen molar-refractivity contribution >= 4 is 40.0 Å². The topological polar surface area (TPSA) is 119 Å². The zero-order chi connectivity index (χ0) is 26.1. The SMILES string of the molecule is CNc1nc(Nc2ccc(N3CCOCC3)c(F)c2F)c(C(=O)OC)nc1-c1cncc2c1ncn2C. The van der Waals surface area contributed by atoms with E-state index in [1.165, 1.54) is 19.2 Å². The molecule has 0 saturated carbocycles. The highest BCUT2D eigenvalue weighted by molar-refractivity contribution is 5.98. The van der Waals surface area contributed by atoms with Crippen LogP contribution < -0.4 is 15.5 Å². The molecule has 0 atom stereocenters. The lowest BCUT2D eigenvalue weighted by Crippen LogP contribution is -2.36. The molecule has 0 radical (unpaired) electrons. The lowest BCUT2D eigenvalue weighted by molar-refractivity contribution is 0.0595. The number of nitrogens with zero attached hydrogens (tertiary/aromatic N) is 6. The molecule has 1 aliphatic rings. The van der Waals surface area contributed by atoms with Gasteiger partial charge in [0.05, 0.1) is 55.3 Å².